The molecule has 0 aliphatic carbocycles. The van der Waals surface area contributed by atoms with Crippen molar-refractivity contribution >= 4 is 5.69 Å². The van der Waals surface area contributed by atoms with Gasteiger partial charge in [0.2, 0.25) is 0 Å². The first-order chi connectivity index (χ1) is 10.2. The molecular weight excluding hydrogens is 260 g/mol. The first-order valence-corrected chi connectivity index (χ1v) is 7.97. The van der Waals surface area contributed by atoms with Crippen LogP contribution in [0.1, 0.15) is 19.3 Å². The van der Waals surface area contributed by atoms with E-state index in [1.54, 1.807) is 0 Å². The summed E-state index contributed by atoms with van der Waals surface area (Å²) in [5.41, 5.74) is 1.40. The molecule has 3 heteroatoms. The van der Waals surface area contributed by atoms with Crippen LogP contribution < -0.4 is 4.90 Å². The van der Waals surface area contributed by atoms with E-state index in [1.165, 1.54) is 5.69 Å². The number of hydrogen-bond acceptors (Lipinski definition) is 3. The lowest BCUT2D eigenvalue weighted by atomic mass is 9.87. The first kappa shape index (κ1) is 14.6. The van der Waals surface area contributed by atoms with Crippen LogP contribution in [-0.2, 0) is 4.74 Å². The van der Waals surface area contributed by atoms with Crippen molar-refractivity contribution in [2.24, 2.45) is 0 Å². The van der Waals surface area contributed by atoms with E-state index < -0.39 is 0 Å². The Balaban J connectivity index is 1.59. The van der Waals surface area contributed by atoms with Crippen molar-refractivity contribution in [2.45, 2.75) is 30.9 Å². The Morgan fingerprint density at radius 1 is 1.33 bits per heavy atom. The number of anilines is 1. The SMILES string of the molecule is C=CCN1CCC2(CC1)C[C@@H](N(C)c1ccccc1)CO2. The molecule has 0 amide bonds. The molecule has 2 fully saturated rings. The van der Waals surface area contributed by atoms with E-state index in [2.05, 4.69) is 53.8 Å². The van der Waals surface area contributed by atoms with Crippen molar-refractivity contribution in [3.8, 4) is 0 Å². The van der Waals surface area contributed by atoms with E-state index in [9.17, 15) is 0 Å². The molecule has 0 aromatic heterocycles. The second-order valence-electron chi connectivity index (χ2n) is 6.39. The third-order valence-electron chi connectivity index (χ3n) is 5.06. The highest BCUT2D eigenvalue weighted by Crippen LogP contribution is 2.38. The Morgan fingerprint density at radius 2 is 2.05 bits per heavy atom. The molecule has 114 valence electrons. The minimum absolute atomic E-state index is 0.116. The van der Waals surface area contributed by atoms with Crippen LogP contribution >= 0.6 is 0 Å². The molecule has 0 saturated carbocycles. The number of ether oxygens (including phenoxy) is 1. The molecule has 3 rings (SSSR count). The number of likely N-dealkylation sites (N-methyl/N-ethyl adjacent to an activating group) is 1. The van der Waals surface area contributed by atoms with Crippen LogP contribution in [0.25, 0.3) is 0 Å². The number of nitrogens with zero attached hydrogens (tertiary/aromatic N) is 2. The summed E-state index contributed by atoms with van der Waals surface area (Å²) in [4.78, 5) is 4.85. The number of rotatable bonds is 4. The van der Waals surface area contributed by atoms with Gasteiger partial charge in [0.25, 0.3) is 0 Å². The van der Waals surface area contributed by atoms with Crippen LogP contribution in [0.15, 0.2) is 43.0 Å². The fourth-order valence-corrected chi connectivity index (χ4v) is 3.62. The van der Waals surface area contributed by atoms with Crippen LogP contribution in [-0.4, -0.2) is 49.8 Å². The van der Waals surface area contributed by atoms with Crippen LogP contribution in [0.4, 0.5) is 5.69 Å². The van der Waals surface area contributed by atoms with Gasteiger partial charge in [-0.25, -0.2) is 0 Å². The van der Waals surface area contributed by atoms with Crippen molar-refractivity contribution in [1.29, 1.82) is 0 Å². The molecule has 2 aliphatic rings. The Labute approximate surface area is 128 Å². The largest absolute Gasteiger partial charge is 0.373 e. The van der Waals surface area contributed by atoms with Gasteiger partial charge < -0.3 is 9.64 Å². The van der Waals surface area contributed by atoms with E-state index in [0.29, 0.717) is 6.04 Å². The van der Waals surface area contributed by atoms with E-state index in [-0.39, 0.29) is 5.60 Å². The molecule has 2 aliphatic heterocycles. The summed E-state index contributed by atoms with van der Waals surface area (Å²) >= 11 is 0. The zero-order valence-electron chi connectivity index (χ0n) is 13.0. The smallest absolute Gasteiger partial charge is 0.0728 e. The lowest BCUT2D eigenvalue weighted by Crippen LogP contribution is -2.44. The first-order valence-electron chi connectivity index (χ1n) is 7.97. The summed E-state index contributed by atoms with van der Waals surface area (Å²) in [6.45, 7) is 7.96. The molecule has 1 aromatic rings. The van der Waals surface area contributed by atoms with Gasteiger partial charge in [-0.1, -0.05) is 24.3 Å². The van der Waals surface area contributed by atoms with Crippen LogP contribution in [0.2, 0.25) is 0 Å². The molecular formula is C18H26N2O. The molecule has 0 radical (unpaired) electrons. The normalized spacial score (nSPS) is 25.1. The summed E-state index contributed by atoms with van der Waals surface area (Å²) in [5.74, 6) is 0. The summed E-state index contributed by atoms with van der Waals surface area (Å²) < 4.78 is 6.27. The summed E-state index contributed by atoms with van der Waals surface area (Å²) in [6, 6.07) is 11.1. The van der Waals surface area contributed by atoms with Gasteiger partial charge in [0.15, 0.2) is 0 Å². The minimum Gasteiger partial charge on any atom is -0.373 e. The molecule has 0 N–H and O–H groups in total. The van der Waals surface area contributed by atoms with Crippen molar-refractivity contribution in [2.75, 3.05) is 38.2 Å². The monoisotopic (exact) mass is 286 g/mol. The van der Waals surface area contributed by atoms with Gasteiger partial charge >= 0.3 is 0 Å². The molecule has 1 aromatic carbocycles. The topological polar surface area (TPSA) is 15.7 Å². The number of para-hydroxylation sites is 1. The second-order valence-corrected chi connectivity index (χ2v) is 6.39. The highest BCUT2D eigenvalue weighted by molar-refractivity contribution is 5.46. The molecule has 21 heavy (non-hydrogen) atoms. The fraction of sp³-hybridized carbons (Fsp3) is 0.556. The van der Waals surface area contributed by atoms with Gasteiger partial charge in [-0.05, 0) is 31.4 Å². The second kappa shape index (κ2) is 6.20. The van der Waals surface area contributed by atoms with Crippen molar-refractivity contribution in [3.05, 3.63) is 43.0 Å². The Bertz CT molecular complexity index is 465. The predicted octanol–water partition coefficient (Wildman–Crippen LogP) is 2.93. The zero-order chi connectivity index (χ0) is 14.7. The maximum absolute atomic E-state index is 6.27. The maximum Gasteiger partial charge on any atom is 0.0728 e. The predicted molar refractivity (Wildman–Crippen MR) is 87.8 cm³/mol. The lowest BCUT2D eigenvalue weighted by molar-refractivity contribution is -0.0415. The number of likely N-dealkylation sites (tertiary alicyclic amines) is 1. The summed E-state index contributed by atoms with van der Waals surface area (Å²) in [7, 11) is 2.19. The third kappa shape index (κ3) is 3.14. The van der Waals surface area contributed by atoms with Crippen molar-refractivity contribution < 1.29 is 4.74 Å². The Kier molecular flexibility index (Phi) is 4.32. The molecule has 2 saturated heterocycles. The van der Waals surface area contributed by atoms with Crippen molar-refractivity contribution in [3.63, 3.8) is 0 Å². The Hall–Kier alpha value is -1.32. The average molecular weight is 286 g/mol. The van der Waals surface area contributed by atoms with E-state index in [0.717, 1.165) is 45.5 Å². The fourth-order valence-electron chi connectivity index (χ4n) is 3.62. The van der Waals surface area contributed by atoms with Gasteiger partial charge in [0.1, 0.15) is 0 Å². The number of piperidine rings is 1. The molecule has 3 nitrogen and oxygen atoms in total. The van der Waals surface area contributed by atoms with E-state index >= 15 is 0 Å². The molecule has 0 unspecified atom stereocenters. The van der Waals surface area contributed by atoms with Crippen LogP contribution in [0.5, 0.6) is 0 Å². The standard InChI is InChI=1S/C18H26N2O/c1-3-11-20-12-9-18(10-13-20)14-17(15-21-18)19(2)16-7-5-4-6-8-16/h3-8,17H,1,9-15H2,2H3/t17-/m1/s1. The molecule has 1 spiro atoms. The molecule has 2 heterocycles. The zero-order valence-corrected chi connectivity index (χ0v) is 13.0. The quantitative estimate of drug-likeness (QED) is 0.792. The third-order valence-corrected chi connectivity index (χ3v) is 5.06. The van der Waals surface area contributed by atoms with Gasteiger partial charge in [0, 0.05) is 32.4 Å². The minimum atomic E-state index is 0.116. The molecule has 0 bridgehead atoms. The van der Waals surface area contributed by atoms with E-state index in [4.69, 9.17) is 4.74 Å². The van der Waals surface area contributed by atoms with Gasteiger partial charge in [0.05, 0.1) is 18.2 Å². The van der Waals surface area contributed by atoms with Gasteiger partial charge in [-0.2, -0.15) is 0 Å². The highest BCUT2D eigenvalue weighted by Gasteiger charge is 2.43. The van der Waals surface area contributed by atoms with Crippen LogP contribution in [0, 0.1) is 0 Å². The van der Waals surface area contributed by atoms with E-state index in [1.807, 2.05) is 6.08 Å². The van der Waals surface area contributed by atoms with Gasteiger partial charge in [-0.3, -0.25) is 4.90 Å². The summed E-state index contributed by atoms with van der Waals surface area (Å²) in [6.07, 6.45) is 5.46. The Morgan fingerprint density at radius 3 is 2.71 bits per heavy atom. The van der Waals surface area contributed by atoms with Gasteiger partial charge in [-0.15, -0.1) is 6.58 Å². The molecule has 1 atom stereocenters. The number of hydrogen-bond donors (Lipinski definition) is 0. The summed E-state index contributed by atoms with van der Waals surface area (Å²) in [5, 5.41) is 0. The lowest BCUT2D eigenvalue weighted by Gasteiger charge is -2.38. The average Bonchev–Trinajstić information content (AvgIpc) is 2.94. The highest BCUT2D eigenvalue weighted by atomic mass is 16.5. The number of benzene rings is 1. The van der Waals surface area contributed by atoms with Crippen LogP contribution in [0.3, 0.4) is 0 Å². The van der Waals surface area contributed by atoms with Crippen molar-refractivity contribution in [1.82, 2.24) is 4.90 Å². The maximum atomic E-state index is 6.27.